The van der Waals surface area contributed by atoms with Crippen molar-refractivity contribution in [3.8, 4) is 28.7 Å². The number of aromatic nitrogens is 4. The van der Waals surface area contributed by atoms with Crippen LogP contribution in [0.15, 0.2) is 54.9 Å². The first-order valence-corrected chi connectivity index (χ1v) is 17.2. The second-order valence-electron chi connectivity index (χ2n) is 11.7. The first-order chi connectivity index (χ1) is 25.4. The Kier molecular flexibility index (Phi) is 13.8. The number of aliphatic hydroxyl groups is 2. The summed E-state index contributed by atoms with van der Waals surface area (Å²) in [5, 5.41) is 19.0. The van der Waals surface area contributed by atoms with E-state index in [-0.39, 0.29) is 30.9 Å². The molecule has 0 unspecified atom stereocenters. The molecule has 6 N–H and O–H groups in total. The van der Waals surface area contributed by atoms with Crippen molar-refractivity contribution in [2.24, 2.45) is 0 Å². The van der Waals surface area contributed by atoms with Crippen LogP contribution < -0.4 is 35.5 Å². The second kappa shape index (κ2) is 18.4. The summed E-state index contributed by atoms with van der Waals surface area (Å²) in [4.78, 5) is 25.0. The molecule has 15 nitrogen and oxygen atoms in total. The van der Waals surface area contributed by atoms with E-state index in [0.717, 1.165) is 51.4 Å². The van der Waals surface area contributed by atoms with Crippen LogP contribution >= 0.6 is 23.2 Å². The Morgan fingerprint density at radius 2 is 1.13 bits per heavy atom. The standard InChI is InChI=1S/C17H20F3N5O3.C16H19Cl2N5O2/c18-17(19,20)28-13-3-1-12(2-4-13)27-14-11-22-16(21)23-15(14)25-7-5-24(6-8-25)9-10-26;17-11-1-2-13(12(18)9-11)25-14-10-20-16(19)21-15(14)23-5-3-22(4-6-23)7-8-24/h1-4,11,26H,5-10H2,(H2,21,22,23);1-2,9-10,24H,3-8H2,(H2,19,20,21). The Balaban J connectivity index is 0.000000206. The minimum Gasteiger partial charge on any atom is -0.452 e. The topological polar surface area (TPSA) is 185 Å². The molecular formula is C33H39Cl2F3N10O5. The van der Waals surface area contributed by atoms with Gasteiger partial charge in [0.2, 0.25) is 11.9 Å². The molecule has 0 atom stereocenters. The van der Waals surface area contributed by atoms with Crippen LogP contribution in [-0.2, 0) is 0 Å². The van der Waals surface area contributed by atoms with Gasteiger partial charge in [-0.15, -0.1) is 13.2 Å². The molecule has 6 rings (SSSR count). The summed E-state index contributed by atoms with van der Waals surface area (Å²) in [6.45, 7) is 7.49. The molecule has 2 aliphatic rings. The summed E-state index contributed by atoms with van der Waals surface area (Å²) in [5.74, 6) is 2.67. The zero-order valence-corrected chi connectivity index (χ0v) is 29.9. The summed E-state index contributed by atoms with van der Waals surface area (Å²) in [6, 6.07) is 10.1. The molecule has 0 spiro atoms. The third-order valence-corrected chi connectivity index (χ3v) is 8.62. The number of piperazine rings is 2. The fourth-order valence-corrected chi connectivity index (χ4v) is 5.96. The van der Waals surface area contributed by atoms with Gasteiger partial charge in [0.1, 0.15) is 17.2 Å². The SMILES string of the molecule is Nc1ncc(Oc2ccc(Cl)cc2Cl)c(N2CCN(CCO)CC2)n1.Nc1ncc(Oc2ccc(OC(F)(F)F)cc2)c(N2CCN(CCO)CC2)n1. The van der Waals surface area contributed by atoms with E-state index in [9.17, 15) is 13.2 Å². The van der Waals surface area contributed by atoms with Crippen LogP contribution in [0.4, 0.5) is 36.7 Å². The lowest BCUT2D eigenvalue weighted by molar-refractivity contribution is -0.274. The second-order valence-corrected chi connectivity index (χ2v) is 12.6. The maximum atomic E-state index is 12.3. The van der Waals surface area contributed by atoms with Gasteiger partial charge in [-0.05, 0) is 42.5 Å². The van der Waals surface area contributed by atoms with Crippen LogP contribution in [0.1, 0.15) is 0 Å². The first-order valence-electron chi connectivity index (χ1n) is 16.5. The minimum absolute atomic E-state index is 0.0917. The number of alkyl halides is 3. The Morgan fingerprint density at radius 3 is 1.58 bits per heavy atom. The van der Waals surface area contributed by atoms with Gasteiger partial charge in [-0.25, -0.2) is 9.97 Å². The van der Waals surface area contributed by atoms with Crippen LogP contribution in [0, 0.1) is 0 Å². The van der Waals surface area contributed by atoms with Crippen molar-refractivity contribution in [2.45, 2.75) is 6.36 Å². The van der Waals surface area contributed by atoms with Crippen molar-refractivity contribution in [3.63, 3.8) is 0 Å². The average Bonchev–Trinajstić information content (AvgIpc) is 3.12. The Bertz CT molecular complexity index is 1780. The number of halogens is 5. The molecule has 0 radical (unpaired) electrons. The lowest BCUT2D eigenvalue weighted by atomic mass is 10.3. The van der Waals surface area contributed by atoms with E-state index in [1.165, 1.54) is 18.3 Å². The van der Waals surface area contributed by atoms with Crippen molar-refractivity contribution >= 4 is 46.7 Å². The lowest BCUT2D eigenvalue weighted by Gasteiger charge is -2.35. The minimum atomic E-state index is -4.75. The number of ether oxygens (including phenoxy) is 3. The van der Waals surface area contributed by atoms with Gasteiger partial charge >= 0.3 is 6.36 Å². The predicted molar refractivity (Wildman–Crippen MR) is 194 cm³/mol. The van der Waals surface area contributed by atoms with E-state index >= 15 is 0 Å². The first kappa shape index (κ1) is 39.6. The number of rotatable bonds is 11. The van der Waals surface area contributed by atoms with Crippen LogP contribution in [-0.4, -0.2) is 125 Å². The molecular weight excluding hydrogens is 744 g/mol. The summed E-state index contributed by atoms with van der Waals surface area (Å²) >= 11 is 12.1. The molecule has 0 amide bonds. The molecule has 2 aromatic carbocycles. The Labute approximate surface area is 313 Å². The molecule has 4 heterocycles. The molecule has 0 saturated carbocycles. The van der Waals surface area contributed by atoms with Crippen molar-refractivity contribution in [1.82, 2.24) is 29.7 Å². The summed E-state index contributed by atoms with van der Waals surface area (Å²) in [6.07, 6.45) is -1.78. The van der Waals surface area contributed by atoms with Gasteiger partial charge in [-0.3, -0.25) is 9.80 Å². The third kappa shape index (κ3) is 11.7. The molecule has 0 aliphatic carbocycles. The van der Waals surface area contributed by atoms with Crippen molar-refractivity contribution in [1.29, 1.82) is 0 Å². The third-order valence-electron chi connectivity index (χ3n) is 8.08. The zero-order valence-electron chi connectivity index (χ0n) is 28.4. The highest BCUT2D eigenvalue weighted by Crippen LogP contribution is 2.36. The summed E-state index contributed by atoms with van der Waals surface area (Å²) in [5.41, 5.74) is 11.5. The average molecular weight is 784 g/mol. The number of aliphatic hydroxyl groups excluding tert-OH is 2. The van der Waals surface area contributed by atoms with E-state index < -0.39 is 6.36 Å². The van der Waals surface area contributed by atoms with E-state index in [4.69, 9.17) is 54.4 Å². The molecule has 2 fully saturated rings. The normalized spacial score (nSPS) is 15.5. The predicted octanol–water partition coefficient (Wildman–Crippen LogP) is 4.14. The molecule has 2 saturated heterocycles. The van der Waals surface area contributed by atoms with E-state index in [0.29, 0.717) is 70.9 Å². The number of nitrogen functional groups attached to an aromatic ring is 2. The van der Waals surface area contributed by atoms with Gasteiger partial charge in [-0.2, -0.15) is 9.97 Å². The Hall–Kier alpha value is -4.59. The van der Waals surface area contributed by atoms with Gasteiger partial charge in [0.25, 0.3) is 0 Å². The molecule has 0 bridgehead atoms. The van der Waals surface area contributed by atoms with E-state index in [2.05, 4.69) is 39.4 Å². The quantitative estimate of drug-likeness (QED) is 0.170. The molecule has 2 aromatic heterocycles. The summed E-state index contributed by atoms with van der Waals surface area (Å²) in [7, 11) is 0. The molecule has 4 aromatic rings. The van der Waals surface area contributed by atoms with Gasteiger partial charge in [-0.1, -0.05) is 23.2 Å². The fraction of sp³-hybridized carbons (Fsp3) is 0.394. The number of hydrogen-bond donors (Lipinski definition) is 4. The van der Waals surface area contributed by atoms with Gasteiger partial charge in [0, 0.05) is 70.5 Å². The van der Waals surface area contributed by atoms with Gasteiger partial charge in [0.15, 0.2) is 23.1 Å². The van der Waals surface area contributed by atoms with Gasteiger partial charge in [0.05, 0.1) is 30.6 Å². The number of anilines is 4. The monoisotopic (exact) mass is 782 g/mol. The van der Waals surface area contributed by atoms with Crippen molar-refractivity contribution in [2.75, 3.05) is 99.9 Å². The van der Waals surface area contributed by atoms with Crippen molar-refractivity contribution < 1.29 is 37.6 Å². The molecule has 2 aliphatic heterocycles. The van der Waals surface area contributed by atoms with Crippen LogP contribution in [0.2, 0.25) is 10.0 Å². The highest BCUT2D eigenvalue weighted by atomic mass is 35.5. The maximum absolute atomic E-state index is 12.3. The highest BCUT2D eigenvalue weighted by Gasteiger charge is 2.31. The molecule has 286 valence electrons. The number of β-amino-alcohol motifs (C(OH)–C–C–N with tert-alkyl or cyclic N) is 2. The lowest BCUT2D eigenvalue weighted by Crippen LogP contribution is -2.47. The van der Waals surface area contributed by atoms with Gasteiger partial charge < -0.3 is 45.7 Å². The summed E-state index contributed by atoms with van der Waals surface area (Å²) < 4.78 is 52.3. The van der Waals surface area contributed by atoms with E-state index in [1.807, 2.05) is 4.90 Å². The number of nitrogens with zero attached hydrogens (tertiary/aromatic N) is 8. The number of benzene rings is 2. The molecule has 53 heavy (non-hydrogen) atoms. The van der Waals surface area contributed by atoms with Crippen LogP contribution in [0.5, 0.6) is 28.7 Å². The largest absolute Gasteiger partial charge is 0.573 e. The molecule has 20 heteroatoms. The highest BCUT2D eigenvalue weighted by molar-refractivity contribution is 6.35. The van der Waals surface area contributed by atoms with E-state index in [1.54, 1.807) is 24.4 Å². The number of nitrogens with two attached hydrogens (primary N) is 2. The fourth-order valence-electron chi connectivity index (χ4n) is 5.51. The van der Waals surface area contributed by atoms with Crippen LogP contribution in [0.25, 0.3) is 0 Å². The maximum Gasteiger partial charge on any atom is 0.573 e. The van der Waals surface area contributed by atoms with Crippen molar-refractivity contribution in [3.05, 3.63) is 64.9 Å². The zero-order chi connectivity index (χ0) is 38.0. The number of hydrogen-bond acceptors (Lipinski definition) is 15. The van der Waals surface area contributed by atoms with Crippen LogP contribution in [0.3, 0.4) is 0 Å². The Morgan fingerprint density at radius 1 is 0.660 bits per heavy atom. The smallest absolute Gasteiger partial charge is 0.452 e.